The fourth-order valence-electron chi connectivity index (χ4n) is 1.38. The molecule has 0 aliphatic rings. The third-order valence-electron chi connectivity index (χ3n) is 2.31. The first-order valence-corrected chi connectivity index (χ1v) is 6.47. The molecule has 1 aromatic heterocycles. The van der Waals surface area contributed by atoms with Gasteiger partial charge in [0.25, 0.3) is 0 Å². The van der Waals surface area contributed by atoms with Crippen molar-refractivity contribution in [3.63, 3.8) is 0 Å². The number of carbonyl (C=O) groups is 1. The Hall–Kier alpha value is -1.20. The van der Waals surface area contributed by atoms with Gasteiger partial charge >= 0.3 is 5.97 Å². The third kappa shape index (κ3) is 2.92. The number of aliphatic carboxylic acids is 1. The lowest BCUT2D eigenvalue weighted by molar-refractivity contribution is -0.136. The van der Waals surface area contributed by atoms with Gasteiger partial charge in [0.15, 0.2) is 0 Å². The highest BCUT2D eigenvalue weighted by molar-refractivity contribution is 7.99. The first-order chi connectivity index (χ1) is 8.06. The molecule has 2 N–H and O–H groups in total. The lowest BCUT2D eigenvalue weighted by atomic mass is 10.3. The smallest absolute Gasteiger partial charge is 0.316 e. The van der Waals surface area contributed by atoms with E-state index in [2.05, 4.69) is 9.97 Å². The Bertz CT molecular complexity index is 555. The molecule has 17 heavy (non-hydrogen) atoms. The molecule has 2 rings (SSSR count). The summed E-state index contributed by atoms with van der Waals surface area (Å²) in [5.41, 5.74) is 1.71. The highest BCUT2D eigenvalue weighted by atomic mass is 35.5. The summed E-state index contributed by atoms with van der Waals surface area (Å²) in [7, 11) is 0. The summed E-state index contributed by atoms with van der Waals surface area (Å²) in [4.78, 5) is 18.1. The Morgan fingerprint density at radius 2 is 2.41 bits per heavy atom. The molecule has 4 nitrogen and oxygen atoms in total. The normalized spacial score (nSPS) is 12.8. The second kappa shape index (κ2) is 4.98. The maximum Gasteiger partial charge on any atom is 0.316 e. The van der Waals surface area contributed by atoms with Crippen LogP contribution in [0, 0.1) is 0 Å². The Kier molecular flexibility index (Phi) is 3.59. The molecule has 0 spiro atoms. The van der Waals surface area contributed by atoms with Crippen LogP contribution in [-0.4, -0.2) is 26.3 Å². The zero-order valence-corrected chi connectivity index (χ0v) is 10.7. The number of aromatic nitrogens is 2. The number of aromatic amines is 1. The number of nitrogens with zero attached hydrogens (tertiary/aromatic N) is 1. The highest BCUT2D eigenvalue weighted by Crippen LogP contribution is 2.21. The maximum atomic E-state index is 10.7. The fraction of sp³-hybridized carbons (Fsp3) is 0.273. The predicted molar refractivity (Wildman–Crippen MR) is 69.5 cm³/mol. The van der Waals surface area contributed by atoms with E-state index in [0.29, 0.717) is 10.8 Å². The molecule has 1 heterocycles. The molecule has 6 heteroatoms. The largest absolute Gasteiger partial charge is 0.480 e. The molecule has 0 aliphatic carbocycles. The van der Waals surface area contributed by atoms with Crippen molar-refractivity contribution >= 4 is 40.4 Å². The van der Waals surface area contributed by atoms with Gasteiger partial charge in [0.1, 0.15) is 5.82 Å². The van der Waals surface area contributed by atoms with Crippen LogP contribution in [0.25, 0.3) is 11.0 Å². The minimum atomic E-state index is -0.811. The van der Waals surface area contributed by atoms with Crippen molar-refractivity contribution in [2.45, 2.75) is 17.9 Å². The van der Waals surface area contributed by atoms with Crippen molar-refractivity contribution < 1.29 is 9.90 Å². The average Bonchev–Trinajstić information content (AvgIpc) is 2.67. The second-order valence-electron chi connectivity index (χ2n) is 3.64. The van der Waals surface area contributed by atoms with Gasteiger partial charge in [-0.15, -0.1) is 11.8 Å². The lowest BCUT2D eigenvalue weighted by Gasteiger charge is -2.02. The molecule has 0 saturated carbocycles. The number of thioether (sulfide) groups is 1. The van der Waals surface area contributed by atoms with Crippen LogP contribution in [-0.2, 0) is 10.5 Å². The van der Waals surface area contributed by atoms with Gasteiger partial charge in [-0.1, -0.05) is 11.6 Å². The zero-order valence-electron chi connectivity index (χ0n) is 9.11. The van der Waals surface area contributed by atoms with Gasteiger partial charge < -0.3 is 10.1 Å². The number of H-pyrrole nitrogens is 1. The van der Waals surface area contributed by atoms with E-state index in [9.17, 15) is 4.79 Å². The number of nitrogens with one attached hydrogen (secondary N) is 1. The number of benzene rings is 1. The van der Waals surface area contributed by atoms with Crippen molar-refractivity contribution in [3.8, 4) is 0 Å². The standard InChI is InChI=1S/C11H11ClN2O2S/c1-6(11(15)16)17-5-10-13-8-3-2-7(12)4-9(8)14-10/h2-4,6H,5H2,1H3,(H,13,14)(H,15,16). The fourth-order valence-corrected chi connectivity index (χ4v) is 2.24. The molecular formula is C11H11ClN2O2S. The van der Waals surface area contributed by atoms with Crippen LogP contribution in [0.5, 0.6) is 0 Å². The number of rotatable bonds is 4. The van der Waals surface area contributed by atoms with E-state index in [-0.39, 0.29) is 0 Å². The summed E-state index contributed by atoms with van der Waals surface area (Å²) in [6.45, 7) is 1.66. The van der Waals surface area contributed by atoms with Gasteiger partial charge in [-0.25, -0.2) is 4.98 Å². The maximum absolute atomic E-state index is 10.7. The minimum Gasteiger partial charge on any atom is -0.480 e. The van der Waals surface area contributed by atoms with Crippen LogP contribution in [0.3, 0.4) is 0 Å². The number of fused-ring (bicyclic) bond motifs is 1. The summed E-state index contributed by atoms with van der Waals surface area (Å²) in [6, 6.07) is 5.42. The van der Waals surface area contributed by atoms with Gasteiger partial charge in [0.05, 0.1) is 22.0 Å². The van der Waals surface area contributed by atoms with E-state index in [1.807, 2.05) is 6.07 Å². The highest BCUT2D eigenvalue weighted by Gasteiger charge is 2.12. The molecule has 0 fully saturated rings. The van der Waals surface area contributed by atoms with E-state index < -0.39 is 11.2 Å². The molecule has 0 radical (unpaired) electrons. The molecule has 0 aliphatic heterocycles. The van der Waals surface area contributed by atoms with E-state index >= 15 is 0 Å². The van der Waals surface area contributed by atoms with Gasteiger partial charge in [-0.2, -0.15) is 0 Å². The molecule has 90 valence electrons. The van der Waals surface area contributed by atoms with Crippen LogP contribution in [0.2, 0.25) is 5.02 Å². The number of hydrogen-bond acceptors (Lipinski definition) is 3. The number of carboxylic acid groups (broad SMARTS) is 1. The quantitative estimate of drug-likeness (QED) is 0.896. The number of imidazole rings is 1. The van der Waals surface area contributed by atoms with Crippen molar-refractivity contribution in [1.29, 1.82) is 0 Å². The summed E-state index contributed by atoms with van der Waals surface area (Å²) in [5.74, 6) is 0.495. The summed E-state index contributed by atoms with van der Waals surface area (Å²) < 4.78 is 0. The first kappa shape index (κ1) is 12.3. The van der Waals surface area contributed by atoms with E-state index in [1.54, 1.807) is 19.1 Å². The summed E-state index contributed by atoms with van der Waals surface area (Å²) in [5, 5.41) is 8.98. The van der Waals surface area contributed by atoms with E-state index in [4.69, 9.17) is 16.7 Å². The molecule has 2 aromatic rings. The van der Waals surface area contributed by atoms with Crippen LogP contribution in [0.4, 0.5) is 0 Å². The zero-order chi connectivity index (χ0) is 12.4. The minimum absolute atomic E-state index is 0.438. The SMILES string of the molecule is CC(SCc1nc2ccc(Cl)cc2[nH]1)C(=O)O. The van der Waals surface area contributed by atoms with Crippen molar-refractivity contribution in [2.75, 3.05) is 0 Å². The molecular weight excluding hydrogens is 260 g/mol. The summed E-state index contributed by atoms with van der Waals surface area (Å²) in [6.07, 6.45) is 0. The van der Waals surface area contributed by atoms with Crippen molar-refractivity contribution in [1.82, 2.24) is 9.97 Å². The van der Waals surface area contributed by atoms with Gasteiger partial charge in [-0.05, 0) is 25.1 Å². The molecule has 1 aromatic carbocycles. The van der Waals surface area contributed by atoms with Crippen LogP contribution < -0.4 is 0 Å². The first-order valence-electron chi connectivity index (χ1n) is 5.05. The molecule has 0 bridgehead atoms. The lowest BCUT2D eigenvalue weighted by Crippen LogP contribution is -2.11. The number of halogens is 1. The third-order valence-corrected chi connectivity index (χ3v) is 3.69. The van der Waals surface area contributed by atoms with Crippen LogP contribution in [0.1, 0.15) is 12.7 Å². The average molecular weight is 271 g/mol. The van der Waals surface area contributed by atoms with Crippen LogP contribution in [0.15, 0.2) is 18.2 Å². The van der Waals surface area contributed by atoms with E-state index in [0.717, 1.165) is 16.9 Å². The predicted octanol–water partition coefficient (Wildman–Crippen LogP) is 2.92. The molecule has 0 amide bonds. The Morgan fingerprint density at radius 1 is 1.65 bits per heavy atom. The molecule has 1 unspecified atom stereocenters. The number of carboxylic acids is 1. The Labute approximate surface area is 107 Å². The monoisotopic (exact) mass is 270 g/mol. The Balaban J connectivity index is 2.12. The Morgan fingerprint density at radius 3 is 3.12 bits per heavy atom. The van der Waals surface area contributed by atoms with Crippen molar-refractivity contribution in [3.05, 3.63) is 29.0 Å². The van der Waals surface area contributed by atoms with Crippen molar-refractivity contribution in [2.24, 2.45) is 0 Å². The summed E-state index contributed by atoms with van der Waals surface area (Å²) >= 11 is 7.20. The number of hydrogen-bond donors (Lipinski definition) is 2. The molecule has 1 atom stereocenters. The van der Waals surface area contributed by atoms with Gasteiger partial charge in [-0.3, -0.25) is 4.79 Å². The van der Waals surface area contributed by atoms with Crippen LogP contribution >= 0.6 is 23.4 Å². The van der Waals surface area contributed by atoms with Gasteiger partial charge in [0, 0.05) is 5.02 Å². The topological polar surface area (TPSA) is 66.0 Å². The van der Waals surface area contributed by atoms with E-state index in [1.165, 1.54) is 11.8 Å². The van der Waals surface area contributed by atoms with Gasteiger partial charge in [0.2, 0.25) is 0 Å². The second-order valence-corrected chi connectivity index (χ2v) is 5.40. The molecule has 0 saturated heterocycles.